The molecule has 0 unspecified atom stereocenters. The predicted octanol–water partition coefficient (Wildman–Crippen LogP) is 3.30. The van der Waals surface area contributed by atoms with Crippen LogP contribution in [0.4, 0.5) is 5.13 Å². The number of nitrogens with zero attached hydrogens (tertiary/aromatic N) is 2. The van der Waals surface area contributed by atoms with Crippen molar-refractivity contribution in [2.24, 2.45) is 5.92 Å². The summed E-state index contributed by atoms with van der Waals surface area (Å²) >= 11 is 1.40. The van der Waals surface area contributed by atoms with Gasteiger partial charge in [0.15, 0.2) is 5.13 Å². The lowest BCUT2D eigenvalue weighted by Crippen LogP contribution is -2.32. The van der Waals surface area contributed by atoms with Gasteiger partial charge in [0.25, 0.3) is 0 Å². The Kier molecular flexibility index (Phi) is 7.62. The van der Waals surface area contributed by atoms with Crippen molar-refractivity contribution in [3.05, 3.63) is 40.4 Å². The maximum Gasteiger partial charge on any atom is 0.240 e. The minimum atomic E-state index is -3.63. The summed E-state index contributed by atoms with van der Waals surface area (Å²) < 4.78 is 27.3. The number of hydrogen-bond donors (Lipinski definition) is 2. The summed E-state index contributed by atoms with van der Waals surface area (Å²) in [5, 5.41) is 5.29. The molecule has 164 valence electrons. The lowest BCUT2D eigenvalue weighted by molar-refractivity contribution is -0.116. The van der Waals surface area contributed by atoms with Crippen LogP contribution in [0.1, 0.15) is 43.0 Å². The Balaban J connectivity index is 1.44. The fourth-order valence-electron chi connectivity index (χ4n) is 3.33. The second kappa shape index (κ2) is 10.00. The molecule has 0 spiro atoms. The van der Waals surface area contributed by atoms with Gasteiger partial charge in [0.2, 0.25) is 15.9 Å². The number of likely N-dealkylation sites (tertiary alicyclic amines) is 1. The highest BCUT2D eigenvalue weighted by molar-refractivity contribution is 7.89. The van der Waals surface area contributed by atoms with Gasteiger partial charge < -0.3 is 5.32 Å². The van der Waals surface area contributed by atoms with Crippen molar-refractivity contribution in [1.82, 2.24) is 14.6 Å². The van der Waals surface area contributed by atoms with Gasteiger partial charge in [0.1, 0.15) is 0 Å². The molecule has 2 N–H and O–H groups in total. The Hall–Kier alpha value is -1.81. The van der Waals surface area contributed by atoms with E-state index >= 15 is 0 Å². The standard InChI is InChI=1S/C21H30N4O3S2/c1-15-7-10-25(11-8-15)13-18-14-29-21(23-18)24-20(26)6-9-22-30(27,28)19-5-4-16(2)17(3)12-19/h4-5,12,14-15,22H,6-11,13H2,1-3H3,(H,23,24,26). The Morgan fingerprint density at radius 1 is 1.23 bits per heavy atom. The maximum atomic E-state index is 12.4. The molecule has 1 aromatic heterocycles. The number of anilines is 1. The molecule has 0 aliphatic carbocycles. The minimum Gasteiger partial charge on any atom is -0.302 e. The first kappa shape index (κ1) is 22.9. The number of piperidine rings is 1. The molecule has 1 saturated heterocycles. The summed E-state index contributed by atoms with van der Waals surface area (Å²) in [6.45, 7) is 9.09. The van der Waals surface area contributed by atoms with Crippen molar-refractivity contribution in [3.8, 4) is 0 Å². The molecule has 0 bridgehead atoms. The molecule has 9 heteroatoms. The Morgan fingerprint density at radius 3 is 2.67 bits per heavy atom. The number of carbonyl (C=O) groups is 1. The topological polar surface area (TPSA) is 91.4 Å². The Morgan fingerprint density at radius 2 is 1.97 bits per heavy atom. The zero-order valence-electron chi connectivity index (χ0n) is 17.8. The fourth-order valence-corrected chi connectivity index (χ4v) is 5.17. The molecule has 2 aromatic rings. The van der Waals surface area contributed by atoms with Crippen LogP contribution in [0, 0.1) is 19.8 Å². The quantitative estimate of drug-likeness (QED) is 0.644. The number of carbonyl (C=O) groups excluding carboxylic acids is 1. The van der Waals surface area contributed by atoms with Gasteiger partial charge in [-0.05, 0) is 69.0 Å². The molecular weight excluding hydrogens is 420 g/mol. The first-order valence-corrected chi connectivity index (χ1v) is 12.6. The summed E-state index contributed by atoms with van der Waals surface area (Å²) in [5.41, 5.74) is 2.90. The van der Waals surface area contributed by atoms with Crippen molar-refractivity contribution in [2.75, 3.05) is 25.0 Å². The van der Waals surface area contributed by atoms with Gasteiger partial charge in [-0.3, -0.25) is 9.69 Å². The number of benzene rings is 1. The summed E-state index contributed by atoms with van der Waals surface area (Å²) in [4.78, 5) is 19.3. The van der Waals surface area contributed by atoms with Gasteiger partial charge in [0.05, 0.1) is 10.6 Å². The molecule has 1 fully saturated rings. The van der Waals surface area contributed by atoms with E-state index in [0.29, 0.717) is 5.13 Å². The molecule has 2 heterocycles. The maximum absolute atomic E-state index is 12.4. The van der Waals surface area contributed by atoms with Crippen LogP contribution in [0.5, 0.6) is 0 Å². The van der Waals surface area contributed by atoms with Gasteiger partial charge in [-0.1, -0.05) is 13.0 Å². The molecule has 1 amide bonds. The summed E-state index contributed by atoms with van der Waals surface area (Å²) in [7, 11) is -3.63. The third-order valence-corrected chi connectivity index (χ3v) is 7.76. The van der Waals surface area contributed by atoms with E-state index in [0.717, 1.165) is 42.4 Å². The normalized spacial score (nSPS) is 16.0. The first-order chi connectivity index (χ1) is 14.2. The van der Waals surface area contributed by atoms with Crippen molar-refractivity contribution >= 4 is 32.4 Å². The average molecular weight is 451 g/mol. The minimum absolute atomic E-state index is 0.0330. The van der Waals surface area contributed by atoms with Gasteiger partial charge in [-0.2, -0.15) is 0 Å². The number of thiazole rings is 1. The average Bonchev–Trinajstić information content (AvgIpc) is 3.12. The molecule has 3 rings (SSSR count). The van der Waals surface area contributed by atoms with Gasteiger partial charge in [0, 0.05) is 24.9 Å². The van der Waals surface area contributed by atoms with Crippen LogP contribution in [-0.4, -0.2) is 43.8 Å². The van der Waals surface area contributed by atoms with E-state index < -0.39 is 10.0 Å². The highest BCUT2D eigenvalue weighted by Crippen LogP contribution is 2.21. The van der Waals surface area contributed by atoms with E-state index in [-0.39, 0.29) is 23.8 Å². The molecule has 1 aliphatic heterocycles. The van der Waals surface area contributed by atoms with E-state index in [1.165, 1.54) is 24.2 Å². The smallest absolute Gasteiger partial charge is 0.240 e. The molecule has 0 atom stereocenters. The molecule has 30 heavy (non-hydrogen) atoms. The van der Waals surface area contributed by atoms with E-state index in [9.17, 15) is 13.2 Å². The molecule has 1 aliphatic rings. The number of rotatable bonds is 8. The van der Waals surface area contributed by atoms with Crippen LogP contribution in [0.25, 0.3) is 0 Å². The SMILES string of the molecule is Cc1ccc(S(=O)(=O)NCCC(=O)Nc2nc(CN3CCC(C)CC3)cs2)cc1C. The molecular formula is C21H30N4O3S2. The van der Waals surface area contributed by atoms with Crippen molar-refractivity contribution in [2.45, 2.75) is 51.5 Å². The van der Waals surface area contributed by atoms with Gasteiger partial charge in [-0.25, -0.2) is 18.1 Å². The van der Waals surface area contributed by atoms with E-state index in [4.69, 9.17) is 0 Å². The number of amides is 1. The summed E-state index contributed by atoms with van der Waals surface area (Å²) in [6.07, 6.45) is 2.47. The lowest BCUT2D eigenvalue weighted by atomic mass is 9.99. The van der Waals surface area contributed by atoms with Crippen LogP contribution in [-0.2, 0) is 21.4 Å². The van der Waals surface area contributed by atoms with Crippen molar-refractivity contribution in [3.63, 3.8) is 0 Å². The van der Waals surface area contributed by atoms with E-state index in [2.05, 4.69) is 26.8 Å². The zero-order chi connectivity index (χ0) is 21.7. The third kappa shape index (κ3) is 6.34. The van der Waals surface area contributed by atoms with Crippen LogP contribution in [0.3, 0.4) is 0 Å². The van der Waals surface area contributed by atoms with Crippen molar-refractivity contribution in [1.29, 1.82) is 0 Å². The van der Waals surface area contributed by atoms with Gasteiger partial charge >= 0.3 is 0 Å². The number of aryl methyl sites for hydroxylation is 2. The summed E-state index contributed by atoms with van der Waals surface area (Å²) in [5.74, 6) is 0.532. The third-order valence-electron chi connectivity index (χ3n) is 5.49. The monoisotopic (exact) mass is 450 g/mol. The van der Waals surface area contributed by atoms with Crippen LogP contribution < -0.4 is 10.0 Å². The van der Waals surface area contributed by atoms with E-state index in [1.54, 1.807) is 18.2 Å². The van der Waals surface area contributed by atoms with E-state index in [1.807, 2.05) is 19.2 Å². The largest absolute Gasteiger partial charge is 0.302 e. The second-order valence-electron chi connectivity index (χ2n) is 8.04. The van der Waals surface area contributed by atoms with Crippen molar-refractivity contribution < 1.29 is 13.2 Å². The van der Waals surface area contributed by atoms with Crippen LogP contribution in [0.15, 0.2) is 28.5 Å². The number of hydrogen-bond acceptors (Lipinski definition) is 6. The molecule has 0 radical (unpaired) electrons. The zero-order valence-corrected chi connectivity index (χ0v) is 19.4. The molecule has 1 aromatic carbocycles. The molecule has 0 saturated carbocycles. The predicted molar refractivity (Wildman–Crippen MR) is 120 cm³/mol. The highest BCUT2D eigenvalue weighted by Gasteiger charge is 2.18. The Bertz CT molecular complexity index is 980. The number of aromatic nitrogens is 1. The summed E-state index contributed by atoms with van der Waals surface area (Å²) in [6, 6.07) is 4.99. The van der Waals surface area contributed by atoms with Crippen LogP contribution >= 0.6 is 11.3 Å². The lowest BCUT2D eigenvalue weighted by Gasteiger charge is -2.29. The Labute approximate surface area is 183 Å². The van der Waals surface area contributed by atoms with Gasteiger partial charge in [-0.15, -0.1) is 11.3 Å². The number of sulfonamides is 1. The molecule has 7 nitrogen and oxygen atoms in total. The van der Waals surface area contributed by atoms with Crippen LogP contribution in [0.2, 0.25) is 0 Å². The second-order valence-corrected chi connectivity index (χ2v) is 10.7. The fraction of sp³-hybridized carbons (Fsp3) is 0.524. The first-order valence-electron chi connectivity index (χ1n) is 10.3. The number of nitrogens with one attached hydrogen (secondary N) is 2. The highest BCUT2D eigenvalue weighted by atomic mass is 32.2.